The molecule has 1 aromatic rings. The van der Waals surface area contributed by atoms with E-state index in [1.165, 1.54) is 0 Å². The average Bonchev–Trinajstić information content (AvgIpc) is 3.33. The number of hydrogen-bond acceptors (Lipinski definition) is 8. The molecule has 33 heavy (non-hydrogen) atoms. The molecule has 0 bridgehead atoms. The third kappa shape index (κ3) is 7.59. The van der Waals surface area contributed by atoms with Gasteiger partial charge in [-0.3, -0.25) is 9.19 Å². The fourth-order valence-electron chi connectivity index (χ4n) is 2.98. The number of pyridine rings is 1. The molecule has 0 amide bonds. The summed E-state index contributed by atoms with van der Waals surface area (Å²) < 4.78 is 24.0. The molecular weight excluding hydrogens is 438 g/mol. The molecule has 0 aliphatic carbocycles. The summed E-state index contributed by atoms with van der Waals surface area (Å²) >= 11 is 0. The van der Waals surface area contributed by atoms with Gasteiger partial charge in [0.25, 0.3) is 0 Å². The number of ether oxygens (including phenoxy) is 2. The van der Waals surface area contributed by atoms with Crippen LogP contribution in [-0.4, -0.2) is 54.7 Å². The summed E-state index contributed by atoms with van der Waals surface area (Å²) in [4.78, 5) is 5.59. The van der Waals surface area contributed by atoms with Crippen LogP contribution < -0.4 is 16.5 Å². The van der Waals surface area contributed by atoms with Crippen molar-refractivity contribution >= 4 is 21.6 Å². The lowest BCUT2D eigenvalue weighted by Gasteiger charge is -2.17. The van der Waals surface area contributed by atoms with Crippen molar-refractivity contribution in [3.8, 4) is 0 Å². The van der Waals surface area contributed by atoms with Crippen LogP contribution in [0.4, 0.5) is 0 Å². The van der Waals surface area contributed by atoms with Gasteiger partial charge in [-0.05, 0) is 49.6 Å². The van der Waals surface area contributed by atoms with Crippen LogP contribution in [0.3, 0.4) is 0 Å². The molecule has 2 rings (SSSR count). The molecule has 180 valence electrons. The van der Waals surface area contributed by atoms with Gasteiger partial charge in [0.1, 0.15) is 5.76 Å². The van der Waals surface area contributed by atoms with Crippen LogP contribution in [0, 0.1) is 5.92 Å². The second kappa shape index (κ2) is 12.4. The maximum absolute atomic E-state index is 13.4. The number of aromatic nitrogens is 1. The van der Waals surface area contributed by atoms with Crippen molar-refractivity contribution in [2.75, 3.05) is 27.3 Å². The third-order valence-corrected chi connectivity index (χ3v) is 7.43. The Labute approximate surface area is 197 Å². The molecule has 0 saturated carbocycles. The number of hydrazone groups is 1. The molecule has 0 fully saturated rings. The number of methoxy groups -OCH3 is 2. The van der Waals surface area contributed by atoms with E-state index in [0.717, 1.165) is 17.0 Å². The molecule has 0 saturated heterocycles. The zero-order valence-corrected chi connectivity index (χ0v) is 20.7. The minimum absolute atomic E-state index is 0.0131. The molecule has 8 nitrogen and oxygen atoms in total. The van der Waals surface area contributed by atoms with E-state index in [0.29, 0.717) is 35.2 Å². The summed E-state index contributed by atoms with van der Waals surface area (Å²) in [6.45, 7) is 9.37. The topological polar surface area (TPSA) is 111 Å². The average molecular weight is 474 g/mol. The van der Waals surface area contributed by atoms with Crippen LogP contribution in [0.15, 0.2) is 75.1 Å². The highest BCUT2D eigenvalue weighted by molar-refractivity contribution is 8.03. The summed E-state index contributed by atoms with van der Waals surface area (Å²) in [6, 6.07) is 3.62. The molecule has 0 spiro atoms. The van der Waals surface area contributed by atoms with Crippen molar-refractivity contribution in [1.82, 2.24) is 15.7 Å². The van der Waals surface area contributed by atoms with Crippen LogP contribution >= 0.6 is 0 Å². The fraction of sp³-hybridized carbons (Fsp3) is 0.375. The smallest absolute Gasteiger partial charge is 0.118 e. The molecule has 1 aliphatic heterocycles. The first-order valence-corrected chi connectivity index (χ1v) is 12.3. The lowest BCUT2D eigenvalue weighted by Crippen LogP contribution is -2.25. The molecule has 2 heterocycles. The summed E-state index contributed by atoms with van der Waals surface area (Å²) in [5.41, 5.74) is 11.5. The van der Waals surface area contributed by atoms with Crippen molar-refractivity contribution in [3.63, 3.8) is 0 Å². The van der Waals surface area contributed by atoms with Gasteiger partial charge < -0.3 is 25.9 Å². The minimum atomic E-state index is -2.71. The summed E-state index contributed by atoms with van der Waals surface area (Å²) in [6.07, 6.45) is 8.83. The highest BCUT2D eigenvalue weighted by Gasteiger charge is 2.14. The maximum atomic E-state index is 13.4. The van der Waals surface area contributed by atoms with Crippen LogP contribution in [0.1, 0.15) is 19.5 Å². The van der Waals surface area contributed by atoms with Crippen LogP contribution in [-0.2, 0) is 25.5 Å². The molecular formula is C24H35N5O3S. The van der Waals surface area contributed by atoms with Gasteiger partial charge in [0, 0.05) is 45.9 Å². The minimum Gasteiger partial charge on any atom is -0.497 e. The van der Waals surface area contributed by atoms with E-state index in [2.05, 4.69) is 39.4 Å². The normalized spacial score (nSPS) is 19.0. The molecule has 9 heteroatoms. The molecule has 1 aliphatic rings. The Morgan fingerprint density at radius 3 is 2.73 bits per heavy atom. The summed E-state index contributed by atoms with van der Waals surface area (Å²) in [7, 11) is 0.464. The Kier molecular flexibility index (Phi) is 9.90. The van der Waals surface area contributed by atoms with Gasteiger partial charge in [-0.2, -0.15) is 5.10 Å². The van der Waals surface area contributed by atoms with Crippen LogP contribution in [0.2, 0.25) is 0 Å². The van der Waals surface area contributed by atoms with Gasteiger partial charge in [0.05, 0.1) is 43.1 Å². The second-order valence-electron chi connectivity index (χ2n) is 7.69. The van der Waals surface area contributed by atoms with E-state index in [1.54, 1.807) is 51.8 Å². The Bertz CT molecular complexity index is 1040. The SMILES string of the molecule is C=C(NCc1ccc(S(=C)(=O)/C(C)=C/C(=C\C(C)OC)OC)cn1)C(/C=C1/C=NNC1)CN. The molecule has 3 unspecified atom stereocenters. The van der Waals surface area contributed by atoms with E-state index < -0.39 is 9.52 Å². The van der Waals surface area contributed by atoms with E-state index >= 15 is 0 Å². The van der Waals surface area contributed by atoms with E-state index in [1.807, 2.05) is 13.0 Å². The standard InChI is InChI=1S/C24H35N5O3S/c1-17(31-4)9-23(32-5)10-18(2)33(6,30)24-8-7-22(27-16-24)15-26-19(3)21(12-25)11-20-13-28-29-14-20/h7-11,13,16-17,21,26,29H,3,6,12,14-15,25H2,1-2,4-5H3/b18-10+,20-11-,23-9+. The molecule has 4 N–H and O–H groups in total. The Hall–Kier alpha value is -2.88. The molecule has 1 aromatic heterocycles. The monoisotopic (exact) mass is 473 g/mol. The molecule has 3 atom stereocenters. The maximum Gasteiger partial charge on any atom is 0.118 e. The summed E-state index contributed by atoms with van der Waals surface area (Å²) in [5.74, 6) is 4.50. The van der Waals surface area contributed by atoms with E-state index in [4.69, 9.17) is 15.2 Å². The largest absolute Gasteiger partial charge is 0.497 e. The van der Waals surface area contributed by atoms with Gasteiger partial charge in [-0.15, -0.1) is 0 Å². The highest BCUT2D eigenvalue weighted by atomic mass is 32.2. The van der Waals surface area contributed by atoms with E-state index in [9.17, 15) is 4.21 Å². The fourth-order valence-corrected chi connectivity index (χ4v) is 4.17. The zero-order chi connectivity index (χ0) is 24.4. The predicted octanol–water partition coefficient (Wildman–Crippen LogP) is 2.32. The Morgan fingerprint density at radius 2 is 2.18 bits per heavy atom. The Balaban J connectivity index is 2.06. The van der Waals surface area contributed by atoms with Crippen molar-refractivity contribution in [2.45, 2.75) is 31.4 Å². The van der Waals surface area contributed by atoms with Gasteiger partial charge >= 0.3 is 0 Å². The van der Waals surface area contributed by atoms with Crippen molar-refractivity contribution < 1.29 is 13.7 Å². The number of nitrogens with one attached hydrogen (secondary N) is 2. The van der Waals surface area contributed by atoms with Crippen LogP contribution in [0.25, 0.3) is 0 Å². The first kappa shape index (κ1) is 26.4. The van der Waals surface area contributed by atoms with Gasteiger partial charge in [-0.25, -0.2) is 0 Å². The highest BCUT2D eigenvalue weighted by Crippen LogP contribution is 2.20. The number of nitrogens with two attached hydrogens (primary N) is 1. The predicted molar refractivity (Wildman–Crippen MR) is 136 cm³/mol. The van der Waals surface area contributed by atoms with Crippen molar-refractivity contribution in [1.29, 1.82) is 0 Å². The van der Waals surface area contributed by atoms with Gasteiger partial charge in [0.2, 0.25) is 0 Å². The van der Waals surface area contributed by atoms with E-state index in [-0.39, 0.29) is 12.0 Å². The van der Waals surface area contributed by atoms with Crippen LogP contribution in [0.5, 0.6) is 0 Å². The van der Waals surface area contributed by atoms with Gasteiger partial charge in [-0.1, -0.05) is 12.7 Å². The lowest BCUT2D eigenvalue weighted by molar-refractivity contribution is 0.151. The number of allylic oxidation sites excluding steroid dienone is 2. The summed E-state index contributed by atoms with van der Waals surface area (Å²) in [5, 5.41) is 7.27. The van der Waals surface area contributed by atoms with Crippen molar-refractivity contribution in [2.24, 2.45) is 16.8 Å². The molecule has 0 radical (unpaired) electrons. The zero-order valence-electron chi connectivity index (χ0n) is 19.8. The quantitative estimate of drug-likeness (QED) is 0.243. The number of rotatable bonds is 12. The first-order valence-electron chi connectivity index (χ1n) is 10.6. The third-order valence-electron chi connectivity index (χ3n) is 5.27. The van der Waals surface area contributed by atoms with Gasteiger partial charge in [0.15, 0.2) is 0 Å². The molecule has 0 aromatic carbocycles. The Morgan fingerprint density at radius 1 is 1.42 bits per heavy atom. The van der Waals surface area contributed by atoms with Crippen molar-refractivity contribution in [3.05, 3.63) is 70.8 Å². The lowest BCUT2D eigenvalue weighted by atomic mass is 10.0. The second-order valence-corrected chi connectivity index (χ2v) is 10.2. The number of hydrogen-bond donors (Lipinski definition) is 3. The first-order chi connectivity index (χ1) is 15.7. The number of nitrogens with zero attached hydrogens (tertiary/aromatic N) is 2.